The van der Waals surface area contributed by atoms with Gasteiger partial charge in [-0.3, -0.25) is 4.79 Å². The molecule has 3 N–H and O–H groups in total. The standard InChI is InChI=1S/C11H14F2N2O/c12-9-5-4-8(7-10(9)13)15-11(16)3-1-2-6-14/h4-5,7H,1-3,6,14H2,(H,15,16). The molecule has 0 saturated heterocycles. The van der Waals surface area contributed by atoms with Gasteiger partial charge in [-0.25, -0.2) is 8.78 Å². The predicted molar refractivity (Wildman–Crippen MR) is 57.9 cm³/mol. The van der Waals surface area contributed by atoms with Crippen LogP contribution in [0.1, 0.15) is 19.3 Å². The molecular formula is C11H14F2N2O. The van der Waals surface area contributed by atoms with Crippen LogP contribution in [-0.2, 0) is 4.79 Å². The van der Waals surface area contributed by atoms with Crippen LogP contribution < -0.4 is 11.1 Å². The Morgan fingerprint density at radius 2 is 2.00 bits per heavy atom. The van der Waals surface area contributed by atoms with Gasteiger partial charge >= 0.3 is 0 Å². The number of anilines is 1. The highest BCUT2D eigenvalue weighted by Gasteiger charge is 2.05. The zero-order valence-corrected chi connectivity index (χ0v) is 8.80. The molecule has 3 nitrogen and oxygen atoms in total. The highest BCUT2D eigenvalue weighted by molar-refractivity contribution is 5.90. The number of unbranched alkanes of at least 4 members (excludes halogenated alkanes) is 1. The van der Waals surface area contributed by atoms with Crippen LogP contribution in [-0.4, -0.2) is 12.5 Å². The normalized spacial score (nSPS) is 10.2. The van der Waals surface area contributed by atoms with E-state index in [-0.39, 0.29) is 11.6 Å². The zero-order valence-electron chi connectivity index (χ0n) is 8.80. The van der Waals surface area contributed by atoms with Gasteiger partial charge in [-0.05, 0) is 31.5 Å². The molecule has 0 radical (unpaired) electrons. The first-order valence-corrected chi connectivity index (χ1v) is 5.08. The molecule has 1 aromatic carbocycles. The minimum Gasteiger partial charge on any atom is -0.330 e. The lowest BCUT2D eigenvalue weighted by molar-refractivity contribution is -0.116. The SMILES string of the molecule is NCCCCC(=O)Nc1ccc(F)c(F)c1. The quantitative estimate of drug-likeness (QED) is 0.757. The minimum atomic E-state index is -0.972. The van der Waals surface area contributed by atoms with Gasteiger partial charge in [0.15, 0.2) is 11.6 Å². The average Bonchev–Trinajstić information content (AvgIpc) is 2.24. The van der Waals surface area contributed by atoms with Crippen LogP contribution in [0.4, 0.5) is 14.5 Å². The summed E-state index contributed by atoms with van der Waals surface area (Å²) in [4.78, 5) is 11.3. The van der Waals surface area contributed by atoms with E-state index in [9.17, 15) is 13.6 Å². The fraction of sp³-hybridized carbons (Fsp3) is 0.364. The summed E-state index contributed by atoms with van der Waals surface area (Å²) in [5, 5.41) is 2.48. The first-order valence-electron chi connectivity index (χ1n) is 5.08. The molecule has 5 heteroatoms. The van der Waals surface area contributed by atoms with E-state index in [4.69, 9.17) is 5.73 Å². The molecule has 0 aliphatic heterocycles. The van der Waals surface area contributed by atoms with Crippen molar-refractivity contribution < 1.29 is 13.6 Å². The summed E-state index contributed by atoms with van der Waals surface area (Å²) in [5.74, 6) is -2.12. The van der Waals surface area contributed by atoms with Gasteiger partial charge in [-0.1, -0.05) is 0 Å². The fourth-order valence-corrected chi connectivity index (χ4v) is 1.23. The van der Waals surface area contributed by atoms with Crippen molar-refractivity contribution in [2.45, 2.75) is 19.3 Å². The molecule has 0 unspecified atom stereocenters. The molecule has 0 fully saturated rings. The third-order valence-electron chi connectivity index (χ3n) is 2.06. The summed E-state index contributed by atoms with van der Waals surface area (Å²) >= 11 is 0. The molecule has 1 amide bonds. The number of amides is 1. The molecule has 0 aromatic heterocycles. The molecule has 0 spiro atoms. The summed E-state index contributed by atoms with van der Waals surface area (Å²) in [6, 6.07) is 3.25. The largest absolute Gasteiger partial charge is 0.330 e. The maximum atomic E-state index is 12.8. The van der Waals surface area contributed by atoms with Gasteiger partial charge in [-0.15, -0.1) is 0 Å². The van der Waals surface area contributed by atoms with E-state index in [1.807, 2.05) is 0 Å². The molecule has 0 heterocycles. The Morgan fingerprint density at radius 1 is 1.25 bits per heavy atom. The van der Waals surface area contributed by atoms with Crippen LogP contribution >= 0.6 is 0 Å². The van der Waals surface area contributed by atoms with E-state index in [0.29, 0.717) is 19.4 Å². The topological polar surface area (TPSA) is 55.1 Å². The van der Waals surface area contributed by atoms with E-state index in [1.165, 1.54) is 6.07 Å². The second kappa shape index (κ2) is 6.17. The number of nitrogens with two attached hydrogens (primary N) is 1. The van der Waals surface area contributed by atoms with Gasteiger partial charge in [0.05, 0.1) is 0 Å². The molecule has 0 bridgehead atoms. The maximum absolute atomic E-state index is 12.8. The summed E-state index contributed by atoms with van der Waals surface area (Å²) in [7, 11) is 0. The summed E-state index contributed by atoms with van der Waals surface area (Å²) in [6.45, 7) is 0.540. The Hall–Kier alpha value is -1.49. The van der Waals surface area contributed by atoms with Crippen molar-refractivity contribution in [3.63, 3.8) is 0 Å². The Morgan fingerprint density at radius 3 is 2.62 bits per heavy atom. The fourth-order valence-electron chi connectivity index (χ4n) is 1.23. The van der Waals surface area contributed by atoms with Crippen molar-refractivity contribution in [3.05, 3.63) is 29.8 Å². The number of hydrogen-bond acceptors (Lipinski definition) is 2. The molecule has 88 valence electrons. The first kappa shape index (κ1) is 12.6. The Bertz CT molecular complexity index is 369. The van der Waals surface area contributed by atoms with Gasteiger partial charge in [0.25, 0.3) is 0 Å². The molecule has 0 aliphatic rings. The van der Waals surface area contributed by atoms with E-state index in [0.717, 1.165) is 18.6 Å². The van der Waals surface area contributed by atoms with Crippen molar-refractivity contribution >= 4 is 11.6 Å². The highest BCUT2D eigenvalue weighted by Crippen LogP contribution is 2.13. The Kier molecular flexibility index (Phi) is 4.85. The lowest BCUT2D eigenvalue weighted by Gasteiger charge is -2.05. The number of carbonyl (C=O) groups is 1. The predicted octanol–water partition coefficient (Wildman–Crippen LogP) is 2.03. The third-order valence-corrected chi connectivity index (χ3v) is 2.06. The molecule has 0 aliphatic carbocycles. The van der Waals surface area contributed by atoms with Crippen molar-refractivity contribution in [1.29, 1.82) is 0 Å². The van der Waals surface area contributed by atoms with E-state index >= 15 is 0 Å². The van der Waals surface area contributed by atoms with Gasteiger partial charge < -0.3 is 11.1 Å². The Balaban J connectivity index is 2.46. The first-order chi connectivity index (χ1) is 7.63. The van der Waals surface area contributed by atoms with Crippen molar-refractivity contribution in [1.82, 2.24) is 0 Å². The van der Waals surface area contributed by atoms with E-state index in [1.54, 1.807) is 0 Å². The van der Waals surface area contributed by atoms with Gasteiger partial charge in [0.2, 0.25) is 5.91 Å². The number of nitrogens with one attached hydrogen (secondary N) is 1. The van der Waals surface area contributed by atoms with Crippen LogP contribution in [0.3, 0.4) is 0 Å². The number of rotatable bonds is 5. The lowest BCUT2D eigenvalue weighted by Crippen LogP contribution is -2.12. The number of carbonyl (C=O) groups excluding carboxylic acids is 1. The van der Waals surface area contributed by atoms with Crippen LogP contribution in [0.2, 0.25) is 0 Å². The Labute approximate surface area is 92.6 Å². The van der Waals surface area contributed by atoms with Crippen LogP contribution in [0.25, 0.3) is 0 Å². The average molecular weight is 228 g/mol. The minimum absolute atomic E-state index is 0.223. The molecule has 0 atom stereocenters. The molecule has 0 saturated carbocycles. The number of hydrogen-bond donors (Lipinski definition) is 2. The molecule has 1 rings (SSSR count). The second-order valence-electron chi connectivity index (χ2n) is 3.42. The summed E-state index contributed by atoms with van der Waals surface area (Å²) in [6.07, 6.45) is 1.79. The van der Waals surface area contributed by atoms with E-state index < -0.39 is 11.6 Å². The van der Waals surface area contributed by atoms with Crippen molar-refractivity contribution in [2.24, 2.45) is 5.73 Å². The van der Waals surface area contributed by atoms with Crippen LogP contribution in [0.5, 0.6) is 0 Å². The van der Waals surface area contributed by atoms with Crippen LogP contribution in [0.15, 0.2) is 18.2 Å². The van der Waals surface area contributed by atoms with Gasteiger partial charge in [0, 0.05) is 18.2 Å². The van der Waals surface area contributed by atoms with Crippen LogP contribution in [0, 0.1) is 11.6 Å². The molecule has 16 heavy (non-hydrogen) atoms. The smallest absolute Gasteiger partial charge is 0.224 e. The van der Waals surface area contributed by atoms with Crippen molar-refractivity contribution in [3.8, 4) is 0 Å². The second-order valence-corrected chi connectivity index (χ2v) is 3.42. The van der Waals surface area contributed by atoms with Gasteiger partial charge in [0.1, 0.15) is 0 Å². The third kappa shape index (κ3) is 3.94. The zero-order chi connectivity index (χ0) is 12.0. The monoisotopic (exact) mass is 228 g/mol. The summed E-state index contributed by atoms with van der Waals surface area (Å²) in [5.41, 5.74) is 5.54. The number of halogens is 2. The number of benzene rings is 1. The highest BCUT2D eigenvalue weighted by atomic mass is 19.2. The lowest BCUT2D eigenvalue weighted by atomic mass is 10.2. The van der Waals surface area contributed by atoms with E-state index in [2.05, 4.69) is 5.32 Å². The maximum Gasteiger partial charge on any atom is 0.224 e. The van der Waals surface area contributed by atoms with Crippen molar-refractivity contribution in [2.75, 3.05) is 11.9 Å². The molecular weight excluding hydrogens is 214 g/mol. The van der Waals surface area contributed by atoms with Gasteiger partial charge in [-0.2, -0.15) is 0 Å². The molecule has 1 aromatic rings. The summed E-state index contributed by atoms with van der Waals surface area (Å²) < 4.78 is 25.4.